The molecule has 0 aliphatic heterocycles. The molecule has 0 saturated heterocycles. The number of hydrogen-bond donors (Lipinski definition) is 1. The molecule has 0 aromatic heterocycles. The van der Waals surface area contributed by atoms with Crippen LogP contribution in [0.25, 0.3) is 0 Å². The van der Waals surface area contributed by atoms with Crippen molar-refractivity contribution >= 4 is 17.7 Å². The van der Waals surface area contributed by atoms with Crippen LogP contribution in [-0.4, -0.2) is 16.3 Å². The topological polar surface area (TPSA) is 37.3 Å². The summed E-state index contributed by atoms with van der Waals surface area (Å²) in [4.78, 5) is 12.6. The van der Waals surface area contributed by atoms with Gasteiger partial charge < -0.3 is 5.11 Å². The average molecular weight is 306 g/mol. The first-order chi connectivity index (χ1) is 9.93. The van der Waals surface area contributed by atoms with Crippen LogP contribution in [0.3, 0.4) is 0 Å². The van der Waals surface area contributed by atoms with Crippen LogP contribution in [-0.2, 0) is 0 Å². The number of thioether (sulfide) groups is 1. The zero-order valence-corrected chi connectivity index (χ0v) is 14.3. The zero-order chi connectivity index (χ0) is 15.6. The molecule has 1 aromatic rings. The first-order valence-corrected chi connectivity index (χ1v) is 8.86. The quantitative estimate of drug-likeness (QED) is 0.706. The van der Waals surface area contributed by atoms with E-state index in [-0.39, 0.29) is 0 Å². The molecule has 21 heavy (non-hydrogen) atoms. The molecule has 0 radical (unpaired) electrons. The van der Waals surface area contributed by atoms with Crippen molar-refractivity contribution in [3.05, 3.63) is 28.8 Å². The van der Waals surface area contributed by atoms with Crippen molar-refractivity contribution in [2.24, 2.45) is 5.92 Å². The second kappa shape index (κ2) is 6.87. The maximum absolute atomic E-state index is 11.4. The Bertz CT molecular complexity index is 518. The molecular weight excluding hydrogens is 280 g/mol. The van der Waals surface area contributed by atoms with E-state index in [9.17, 15) is 9.90 Å². The third-order valence-corrected chi connectivity index (χ3v) is 6.47. The van der Waals surface area contributed by atoms with Crippen molar-refractivity contribution < 1.29 is 9.90 Å². The number of aromatic carboxylic acids is 1. The number of carboxylic acids is 1. The molecule has 0 amide bonds. The first kappa shape index (κ1) is 16.4. The minimum absolute atomic E-state index is 0.448. The van der Waals surface area contributed by atoms with Gasteiger partial charge in [0, 0.05) is 10.1 Å². The fourth-order valence-electron chi connectivity index (χ4n) is 2.95. The standard InChI is InChI=1S/C18H26O2S/c1-5-16(11(2)3)21-17-10-14(18(19)20)9-15(12(17)4)13-7-6-8-13/h9-11,13,16H,5-8H2,1-4H3,(H,19,20). The van der Waals surface area contributed by atoms with Gasteiger partial charge in [0.1, 0.15) is 0 Å². The molecule has 3 heteroatoms. The second-order valence-corrected chi connectivity index (χ2v) is 7.71. The van der Waals surface area contributed by atoms with Crippen LogP contribution in [0.1, 0.15) is 73.9 Å². The Morgan fingerprint density at radius 1 is 1.38 bits per heavy atom. The van der Waals surface area contributed by atoms with Gasteiger partial charge in [-0.05, 0) is 61.3 Å². The van der Waals surface area contributed by atoms with Crippen LogP contribution in [0.2, 0.25) is 0 Å². The van der Waals surface area contributed by atoms with Gasteiger partial charge in [-0.3, -0.25) is 0 Å². The van der Waals surface area contributed by atoms with Crippen LogP contribution < -0.4 is 0 Å². The molecule has 1 aliphatic rings. The lowest BCUT2D eigenvalue weighted by molar-refractivity contribution is 0.0696. The largest absolute Gasteiger partial charge is 0.478 e. The van der Waals surface area contributed by atoms with Gasteiger partial charge in [-0.2, -0.15) is 0 Å². The van der Waals surface area contributed by atoms with Gasteiger partial charge in [0.05, 0.1) is 5.56 Å². The summed E-state index contributed by atoms with van der Waals surface area (Å²) in [5.74, 6) is 0.359. The van der Waals surface area contributed by atoms with Crippen LogP contribution in [0, 0.1) is 12.8 Å². The van der Waals surface area contributed by atoms with Gasteiger partial charge >= 0.3 is 5.97 Å². The molecule has 1 unspecified atom stereocenters. The van der Waals surface area contributed by atoms with E-state index in [2.05, 4.69) is 27.7 Å². The third kappa shape index (κ3) is 3.63. The molecule has 1 saturated carbocycles. The van der Waals surface area contributed by atoms with E-state index in [4.69, 9.17) is 0 Å². The van der Waals surface area contributed by atoms with Crippen LogP contribution in [0.5, 0.6) is 0 Å². The SMILES string of the molecule is CCC(Sc1cc(C(=O)O)cc(C2CCC2)c1C)C(C)C. The van der Waals surface area contributed by atoms with Gasteiger partial charge in [0.15, 0.2) is 0 Å². The number of rotatable bonds is 6. The van der Waals surface area contributed by atoms with Crippen LogP contribution in [0.4, 0.5) is 0 Å². The number of carbonyl (C=O) groups is 1. The summed E-state index contributed by atoms with van der Waals surface area (Å²) in [6.45, 7) is 8.85. The molecule has 1 N–H and O–H groups in total. The van der Waals surface area contributed by atoms with E-state index in [0.717, 1.165) is 11.3 Å². The molecule has 0 spiro atoms. The lowest BCUT2D eigenvalue weighted by Crippen LogP contribution is -2.14. The Morgan fingerprint density at radius 3 is 2.48 bits per heavy atom. The Labute approximate surface area is 132 Å². The number of benzene rings is 1. The van der Waals surface area contributed by atoms with E-state index in [1.807, 2.05) is 23.9 Å². The summed E-state index contributed by atoms with van der Waals surface area (Å²) in [5, 5.41) is 9.93. The lowest BCUT2D eigenvalue weighted by atomic mass is 9.78. The minimum atomic E-state index is -0.810. The summed E-state index contributed by atoms with van der Waals surface area (Å²) in [6, 6.07) is 3.78. The summed E-state index contributed by atoms with van der Waals surface area (Å²) in [6.07, 6.45) is 4.79. The molecule has 1 aromatic carbocycles. The highest BCUT2D eigenvalue weighted by Gasteiger charge is 2.25. The molecular formula is C18H26O2S. The van der Waals surface area contributed by atoms with E-state index < -0.39 is 5.97 Å². The van der Waals surface area contributed by atoms with E-state index in [1.165, 1.54) is 30.4 Å². The predicted octanol–water partition coefficient (Wildman–Crippen LogP) is 5.49. The van der Waals surface area contributed by atoms with Gasteiger partial charge in [0.25, 0.3) is 0 Å². The molecule has 116 valence electrons. The fourth-order valence-corrected chi connectivity index (χ4v) is 4.21. The normalized spacial score (nSPS) is 16.8. The summed E-state index contributed by atoms with van der Waals surface area (Å²) >= 11 is 1.86. The summed E-state index contributed by atoms with van der Waals surface area (Å²) < 4.78 is 0. The van der Waals surface area contributed by atoms with E-state index >= 15 is 0 Å². The van der Waals surface area contributed by atoms with Crippen molar-refractivity contribution in [3.8, 4) is 0 Å². The Hall–Kier alpha value is -0.960. The van der Waals surface area contributed by atoms with E-state index in [0.29, 0.717) is 22.6 Å². The Morgan fingerprint density at radius 2 is 2.05 bits per heavy atom. The molecule has 0 heterocycles. The second-order valence-electron chi connectivity index (χ2n) is 6.43. The van der Waals surface area contributed by atoms with E-state index in [1.54, 1.807) is 0 Å². The molecule has 2 rings (SSSR count). The fraction of sp³-hybridized carbons (Fsp3) is 0.611. The minimum Gasteiger partial charge on any atom is -0.478 e. The highest BCUT2D eigenvalue weighted by Crippen LogP contribution is 2.42. The van der Waals surface area contributed by atoms with Gasteiger partial charge in [-0.25, -0.2) is 4.79 Å². The Balaban J connectivity index is 2.38. The van der Waals surface area contributed by atoms with Crippen LogP contribution >= 0.6 is 11.8 Å². The van der Waals surface area contributed by atoms with Gasteiger partial charge in [-0.15, -0.1) is 11.8 Å². The highest BCUT2D eigenvalue weighted by atomic mass is 32.2. The molecule has 1 fully saturated rings. The predicted molar refractivity (Wildman–Crippen MR) is 89.5 cm³/mol. The van der Waals surface area contributed by atoms with Crippen LogP contribution in [0.15, 0.2) is 17.0 Å². The molecule has 2 nitrogen and oxygen atoms in total. The third-order valence-electron chi connectivity index (χ3n) is 4.62. The number of carboxylic acid groups (broad SMARTS) is 1. The summed E-state index contributed by atoms with van der Waals surface area (Å²) in [7, 11) is 0. The van der Waals surface area contributed by atoms with Crippen molar-refractivity contribution in [1.29, 1.82) is 0 Å². The van der Waals surface area contributed by atoms with Crippen molar-refractivity contribution in [3.63, 3.8) is 0 Å². The average Bonchev–Trinajstić information content (AvgIpc) is 2.36. The highest BCUT2D eigenvalue weighted by molar-refractivity contribution is 8.00. The smallest absolute Gasteiger partial charge is 0.335 e. The monoisotopic (exact) mass is 306 g/mol. The maximum atomic E-state index is 11.4. The Kier molecular flexibility index (Phi) is 5.37. The van der Waals surface area contributed by atoms with Crippen molar-refractivity contribution in [1.82, 2.24) is 0 Å². The van der Waals surface area contributed by atoms with Gasteiger partial charge in [-0.1, -0.05) is 27.2 Å². The van der Waals surface area contributed by atoms with Gasteiger partial charge in [0.2, 0.25) is 0 Å². The molecule has 1 atom stereocenters. The molecule has 0 bridgehead atoms. The van der Waals surface area contributed by atoms with Crippen molar-refractivity contribution in [2.75, 3.05) is 0 Å². The van der Waals surface area contributed by atoms with Crippen molar-refractivity contribution in [2.45, 2.75) is 69.4 Å². The number of hydrogen-bond acceptors (Lipinski definition) is 2. The lowest BCUT2D eigenvalue weighted by Gasteiger charge is -2.29. The zero-order valence-electron chi connectivity index (χ0n) is 13.5. The maximum Gasteiger partial charge on any atom is 0.335 e. The molecule has 1 aliphatic carbocycles. The summed E-state index contributed by atoms with van der Waals surface area (Å²) in [5.41, 5.74) is 3.01. The first-order valence-electron chi connectivity index (χ1n) is 7.98.